The predicted octanol–water partition coefficient (Wildman–Crippen LogP) is 3.13. The van der Waals surface area contributed by atoms with Crippen molar-refractivity contribution in [2.24, 2.45) is 11.8 Å². The number of nitrogens with one attached hydrogen (secondary N) is 1. The Morgan fingerprint density at radius 3 is 2.48 bits per heavy atom. The average molecular weight is 371 g/mol. The van der Waals surface area contributed by atoms with Crippen LogP contribution in [0.25, 0.3) is 0 Å². The van der Waals surface area contributed by atoms with Crippen LogP contribution >= 0.6 is 0 Å². The van der Waals surface area contributed by atoms with Crippen molar-refractivity contribution >= 4 is 0 Å². The van der Waals surface area contributed by atoms with Crippen molar-refractivity contribution in [2.45, 2.75) is 43.6 Å². The molecule has 1 spiro atoms. The number of hydrogen-bond acceptors (Lipinski definition) is 4. The molecule has 0 bridgehead atoms. The maximum Gasteiger partial charge on any atom is 0.0507 e. The van der Waals surface area contributed by atoms with Gasteiger partial charge in [0.05, 0.1) is 13.2 Å². The van der Waals surface area contributed by atoms with Crippen LogP contribution in [0, 0.1) is 11.8 Å². The van der Waals surface area contributed by atoms with Crippen LogP contribution in [-0.2, 0) is 14.9 Å². The molecule has 1 N–H and O–H groups in total. The third-order valence-electron chi connectivity index (χ3n) is 7.53. The lowest BCUT2D eigenvalue weighted by molar-refractivity contribution is 0.123. The molecule has 3 saturated heterocycles. The van der Waals surface area contributed by atoms with E-state index in [1.807, 2.05) is 0 Å². The minimum absolute atomic E-state index is 0.392. The second-order valence-electron chi connectivity index (χ2n) is 9.29. The highest BCUT2D eigenvalue weighted by molar-refractivity contribution is 5.42. The minimum atomic E-state index is 0.392. The molecule has 1 aromatic rings. The van der Waals surface area contributed by atoms with Crippen LogP contribution in [0.2, 0.25) is 0 Å². The maximum atomic E-state index is 5.58. The van der Waals surface area contributed by atoms with E-state index in [4.69, 9.17) is 9.47 Å². The first-order valence-electron chi connectivity index (χ1n) is 11.0. The standard InChI is InChI=1S/C23H34N2O2/c1-2-4-21-20(3-1)22(24-14-18-5-11-26-16-18)13-23(21)7-9-25(10-8-23)15-19-6-12-27-17-19/h1-4,18-19,22,24H,5-17H2. The molecule has 1 aliphatic carbocycles. The Labute approximate surface area is 163 Å². The van der Waals surface area contributed by atoms with Crippen molar-refractivity contribution in [3.63, 3.8) is 0 Å². The van der Waals surface area contributed by atoms with Gasteiger partial charge in [0, 0.05) is 32.3 Å². The van der Waals surface area contributed by atoms with Gasteiger partial charge in [0.15, 0.2) is 0 Å². The van der Waals surface area contributed by atoms with Gasteiger partial charge in [-0.25, -0.2) is 0 Å². The Bertz CT molecular complexity index is 629. The number of likely N-dealkylation sites (tertiary alicyclic amines) is 1. The summed E-state index contributed by atoms with van der Waals surface area (Å²) in [6.45, 7) is 8.65. The molecule has 5 rings (SSSR count). The summed E-state index contributed by atoms with van der Waals surface area (Å²) in [5.41, 5.74) is 3.59. The van der Waals surface area contributed by atoms with Crippen LogP contribution in [0.15, 0.2) is 24.3 Å². The van der Waals surface area contributed by atoms with E-state index in [9.17, 15) is 0 Å². The fourth-order valence-electron chi connectivity index (χ4n) is 5.86. The van der Waals surface area contributed by atoms with Crippen molar-refractivity contribution in [1.29, 1.82) is 0 Å². The number of nitrogens with zero attached hydrogens (tertiary/aromatic N) is 1. The maximum absolute atomic E-state index is 5.58. The van der Waals surface area contributed by atoms with Crippen LogP contribution in [0.3, 0.4) is 0 Å². The lowest BCUT2D eigenvalue weighted by atomic mass is 9.73. The summed E-state index contributed by atoms with van der Waals surface area (Å²) < 4.78 is 11.1. The molecule has 0 radical (unpaired) electrons. The van der Waals surface area contributed by atoms with Crippen molar-refractivity contribution in [1.82, 2.24) is 10.2 Å². The molecule has 27 heavy (non-hydrogen) atoms. The van der Waals surface area contributed by atoms with Crippen LogP contribution in [0.5, 0.6) is 0 Å². The quantitative estimate of drug-likeness (QED) is 0.863. The first-order valence-corrected chi connectivity index (χ1v) is 11.0. The summed E-state index contributed by atoms with van der Waals surface area (Å²) in [6.07, 6.45) is 6.36. The third-order valence-corrected chi connectivity index (χ3v) is 7.53. The molecule has 3 heterocycles. The SMILES string of the molecule is c1ccc2c(c1)C(NCC1CCOC1)CC21CCN(CC2CCOC2)CC1. The summed E-state index contributed by atoms with van der Waals surface area (Å²) >= 11 is 0. The molecule has 3 unspecified atom stereocenters. The number of rotatable bonds is 5. The van der Waals surface area contributed by atoms with E-state index in [1.54, 1.807) is 11.1 Å². The van der Waals surface area contributed by atoms with E-state index >= 15 is 0 Å². The Kier molecular flexibility index (Phi) is 5.25. The van der Waals surface area contributed by atoms with E-state index < -0.39 is 0 Å². The van der Waals surface area contributed by atoms with Gasteiger partial charge in [-0.2, -0.15) is 0 Å². The Balaban J connectivity index is 1.24. The lowest BCUT2D eigenvalue weighted by Gasteiger charge is -2.41. The topological polar surface area (TPSA) is 33.7 Å². The third kappa shape index (κ3) is 3.69. The molecule has 4 nitrogen and oxygen atoms in total. The Hall–Kier alpha value is -0.940. The molecule has 0 saturated carbocycles. The summed E-state index contributed by atoms with van der Waals surface area (Å²) in [5.74, 6) is 1.46. The number of hydrogen-bond donors (Lipinski definition) is 1. The number of benzene rings is 1. The fourth-order valence-corrected chi connectivity index (χ4v) is 5.86. The number of fused-ring (bicyclic) bond motifs is 2. The van der Waals surface area contributed by atoms with Crippen molar-refractivity contribution in [3.05, 3.63) is 35.4 Å². The van der Waals surface area contributed by atoms with Crippen LogP contribution in [-0.4, -0.2) is 57.5 Å². The van der Waals surface area contributed by atoms with E-state index in [-0.39, 0.29) is 0 Å². The first kappa shape index (κ1) is 18.1. The predicted molar refractivity (Wildman–Crippen MR) is 107 cm³/mol. The zero-order valence-electron chi connectivity index (χ0n) is 16.5. The monoisotopic (exact) mass is 370 g/mol. The van der Waals surface area contributed by atoms with Crippen LogP contribution < -0.4 is 5.32 Å². The first-order chi connectivity index (χ1) is 13.3. The van der Waals surface area contributed by atoms with Gasteiger partial charge in [-0.05, 0) is 73.6 Å². The molecule has 4 aliphatic rings. The molecule has 3 atom stereocenters. The summed E-state index contributed by atoms with van der Waals surface area (Å²) in [4.78, 5) is 2.70. The molecule has 4 heteroatoms. The van der Waals surface area contributed by atoms with Gasteiger partial charge >= 0.3 is 0 Å². The van der Waals surface area contributed by atoms with Crippen molar-refractivity contribution in [3.8, 4) is 0 Å². The normalized spacial score (nSPS) is 33.0. The Morgan fingerprint density at radius 1 is 1.00 bits per heavy atom. The highest BCUT2D eigenvalue weighted by Crippen LogP contribution is 2.50. The Morgan fingerprint density at radius 2 is 1.74 bits per heavy atom. The molecule has 1 aromatic carbocycles. The molecule has 0 amide bonds. The van der Waals surface area contributed by atoms with E-state index in [0.29, 0.717) is 17.4 Å². The molecule has 148 valence electrons. The average Bonchev–Trinajstić information content (AvgIpc) is 3.45. The van der Waals surface area contributed by atoms with E-state index in [0.717, 1.165) is 38.9 Å². The van der Waals surface area contributed by atoms with Gasteiger partial charge in [0.25, 0.3) is 0 Å². The smallest absolute Gasteiger partial charge is 0.0507 e. The second kappa shape index (κ2) is 7.82. The summed E-state index contributed by atoms with van der Waals surface area (Å²) in [6, 6.07) is 9.78. The van der Waals surface area contributed by atoms with E-state index in [1.165, 1.54) is 51.7 Å². The zero-order valence-corrected chi connectivity index (χ0v) is 16.5. The van der Waals surface area contributed by atoms with Crippen molar-refractivity contribution in [2.75, 3.05) is 52.6 Å². The fraction of sp³-hybridized carbons (Fsp3) is 0.739. The second-order valence-corrected chi connectivity index (χ2v) is 9.29. The van der Waals surface area contributed by atoms with E-state index in [2.05, 4.69) is 34.5 Å². The number of ether oxygens (including phenoxy) is 2. The van der Waals surface area contributed by atoms with Gasteiger partial charge in [-0.15, -0.1) is 0 Å². The number of piperidine rings is 1. The zero-order chi connectivity index (χ0) is 18.1. The highest BCUT2D eigenvalue weighted by atomic mass is 16.5. The van der Waals surface area contributed by atoms with Gasteiger partial charge in [0.2, 0.25) is 0 Å². The van der Waals surface area contributed by atoms with Gasteiger partial charge < -0.3 is 19.7 Å². The van der Waals surface area contributed by atoms with Gasteiger partial charge in [-0.1, -0.05) is 24.3 Å². The van der Waals surface area contributed by atoms with Gasteiger partial charge in [0.1, 0.15) is 0 Å². The van der Waals surface area contributed by atoms with Crippen molar-refractivity contribution < 1.29 is 9.47 Å². The highest BCUT2D eigenvalue weighted by Gasteiger charge is 2.45. The summed E-state index contributed by atoms with van der Waals surface area (Å²) in [7, 11) is 0. The molecule has 3 aliphatic heterocycles. The van der Waals surface area contributed by atoms with Gasteiger partial charge in [-0.3, -0.25) is 0 Å². The summed E-state index contributed by atoms with van der Waals surface area (Å²) in [5, 5.41) is 3.91. The van der Waals surface area contributed by atoms with Crippen LogP contribution in [0.4, 0.5) is 0 Å². The lowest BCUT2D eigenvalue weighted by Crippen LogP contribution is -2.43. The largest absolute Gasteiger partial charge is 0.381 e. The molecular weight excluding hydrogens is 336 g/mol. The molecule has 0 aromatic heterocycles. The minimum Gasteiger partial charge on any atom is -0.381 e. The molecular formula is C23H34N2O2. The molecule has 3 fully saturated rings. The van der Waals surface area contributed by atoms with Crippen LogP contribution in [0.1, 0.15) is 49.3 Å².